The monoisotopic (exact) mass is 235 g/mol. The zero-order valence-electron chi connectivity index (χ0n) is 11.2. The van der Waals surface area contributed by atoms with Gasteiger partial charge in [-0.05, 0) is 50.4 Å². The fourth-order valence-corrected chi connectivity index (χ4v) is 4.09. The zero-order valence-corrected chi connectivity index (χ0v) is 11.2. The molecule has 2 aliphatic carbocycles. The molecule has 0 spiro atoms. The Morgan fingerprint density at radius 3 is 2.29 bits per heavy atom. The third kappa shape index (κ3) is 1.89. The van der Waals surface area contributed by atoms with Gasteiger partial charge in [0.2, 0.25) is 0 Å². The molecule has 0 aromatic rings. The largest absolute Gasteiger partial charge is 0.388 e. The molecule has 2 aliphatic rings. The molecule has 0 aromatic carbocycles. The van der Waals surface area contributed by atoms with Crippen molar-refractivity contribution in [2.75, 3.05) is 0 Å². The van der Waals surface area contributed by atoms with E-state index in [0.29, 0.717) is 5.92 Å². The van der Waals surface area contributed by atoms with Gasteiger partial charge in [-0.2, -0.15) is 5.26 Å². The summed E-state index contributed by atoms with van der Waals surface area (Å²) in [6, 6.07) is 2.52. The van der Waals surface area contributed by atoms with Crippen LogP contribution in [0.25, 0.3) is 0 Å². The van der Waals surface area contributed by atoms with Crippen LogP contribution in [0.15, 0.2) is 0 Å². The van der Waals surface area contributed by atoms with Crippen LogP contribution in [0.5, 0.6) is 0 Å². The predicted octanol–water partition coefficient (Wildman–Crippen LogP) is 3.65. The van der Waals surface area contributed by atoms with Gasteiger partial charge in [-0.15, -0.1) is 0 Å². The van der Waals surface area contributed by atoms with Crippen LogP contribution >= 0.6 is 0 Å². The molecular formula is C15H25NO. The second-order valence-electron chi connectivity index (χ2n) is 6.26. The van der Waals surface area contributed by atoms with Gasteiger partial charge in [0, 0.05) is 0 Å². The van der Waals surface area contributed by atoms with Crippen molar-refractivity contribution < 1.29 is 5.11 Å². The van der Waals surface area contributed by atoms with Crippen LogP contribution in [0.1, 0.15) is 65.2 Å². The minimum absolute atomic E-state index is 0.292. The van der Waals surface area contributed by atoms with E-state index in [4.69, 9.17) is 0 Å². The van der Waals surface area contributed by atoms with Crippen LogP contribution in [0.2, 0.25) is 0 Å². The number of aliphatic hydroxyl groups is 1. The maximum atomic E-state index is 11.0. The number of hydrogen-bond donors (Lipinski definition) is 1. The molecule has 96 valence electrons. The third-order valence-electron chi connectivity index (χ3n) is 5.59. The molecule has 2 fully saturated rings. The van der Waals surface area contributed by atoms with Crippen molar-refractivity contribution in [2.45, 2.75) is 70.8 Å². The third-order valence-corrected chi connectivity index (χ3v) is 5.59. The lowest BCUT2D eigenvalue weighted by atomic mass is 9.59. The van der Waals surface area contributed by atoms with Crippen LogP contribution in [0.4, 0.5) is 0 Å². The highest BCUT2D eigenvalue weighted by atomic mass is 16.3. The maximum absolute atomic E-state index is 11.0. The lowest BCUT2D eigenvalue weighted by Crippen LogP contribution is -2.51. The molecule has 2 saturated carbocycles. The number of hydrogen-bond acceptors (Lipinski definition) is 2. The molecule has 0 amide bonds. The summed E-state index contributed by atoms with van der Waals surface area (Å²) >= 11 is 0. The van der Waals surface area contributed by atoms with E-state index < -0.39 is 11.0 Å². The second kappa shape index (κ2) is 4.61. The number of nitrogens with zero attached hydrogens (tertiary/aromatic N) is 1. The summed E-state index contributed by atoms with van der Waals surface area (Å²) in [5.41, 5.74) is -1.16. The SMILES string of the molecule is CCC1CCC(C#N)(C2(O)CCCC2C)CC1. The molecule has 1 N–H and O–H groups in total. The summed E-state index contributed by atoms with van der Waals surface area (Å²) in [5.74, 6) is 1.07. The van der Waals surface area contributed by atoms with E-state index in [1.54, 1.807) is 0 Å². The van der Waals surface area contributed by atoms with E-state index in [1.165, 1.54) is 6.42 Å². The quantitative estimate of drug-likeness (QED) is 0.794. The Morgan fingerprint density at radius 1 is 1.24 bits per heavy atom. The second-order valence-corrected chi connectivity index (χ2v) is 6.26. The molecular weight excluding hydrogens is 210 g/mol. The molecule has 2 unspecified atom stereocenters. The van der Waals surface area contributed by atoms with Gasteiger partial charge in [0.1, 0.15) is 0 Å². The van der Waals surface area contributed by atoms with E-state index in [-0.39, 0.29) is 0 Å². The van der Waals surface area contributed by atoms with Crippen molar-refractivity contribution >= 4 is 0 Å². The molecule has 0 saturated heterocycles. The fraction of sp³-hybridized carbons (Fsp3) is 0.933. The maximum Gasteiger partial charge on any atom is 0.0863 e. The Balaban J connectivity index is 2.19. The highest BCUT2D eigenvalue weighted by Gasteiger charge is 2.56. The highest BCUT2D eigenvalue weighted by molar-refractivity contribution is 5.16. The summed E-state index contributed by atoms with van der Waals surface area (Å²) in [5, 5.41) is 20.6. The summed E-state index contributed by atoms with van der Waals surface area (Å²) in [4.78, 5) is 0. The van der Waals surface area contributed by atoms with Crippen LogP contribution in [0, 0.1) is 28.6 Å². The van der Waals surface area contributed by atoms with Crippen LogP contribution in [-0.2, 0) is 0 Å². The first-order valence-corrected chi connectivity index (χ1v) is 7.21. The Bertz CT molecular complexity index is 311. The predicted molar refractivity (Wildman–Crippen MR) is 68.3 cm³/mol. The number of rotatable bonds is 2. The standard InChI is InChI=1S/C15H25NO/c1-3-13-6-9-14(11-16,10-7-13)15(17)8-4-5-12(15)2/h12-13,17H,3-10H2,1-2H3. The summed E-state index contributed by atoms with van der Waals surface area (Å²) in [6.45, 7) is 4.36. The average Bonchev–Trinajstić information content (AvgIpc) is 2.71. The summed E-state index contributed by atoms with van der Waals surface area (Å²) in [7, 11) is 0. The lowest BCUT2D eigenvalue weighted by Gasteiger charge is -2.47. The summed E-state index contributed by atoms with van der Waals surface area (Å²) in [6.07, 6.45) is 8.27. The molecule has 17 heavy (non-hydrogen) atoms. The van der Waals surface area contributed by atoms with Gasteiger partial charge in [0.05, 0.1) is 17.1 Å². The topological polar surface area (TPSA) is 44.0 Å². The molecule has 0 aromatic heterocycles. The molecule has 2 atom stereocenters. The van der Waals surface area contributed by atoms with Gasteiger partial charge in [-0.3, -0.25) is 0 Å². The average molecular weight is 235 g/mol. The molecule has 0 aliphatic heterocycles. The van der Waals surface area contributed by atoms with Crippen molar-refractivity contribution in [1.82, 2.24) is 0 Å². The number of nitriles is 1. The zero-order chi connectivity index (χ0) is 12.5. The molecule has 0 bridgehead atoms. The van der Waals surface area contributed by atoms with E-state index in [1.807, 2.05) is 0 Å². The van der Waals surface area contributed by atoms with Gasteiger partial charge in [-0.25, -0.2) is 0 Å². The van der Waals surface area contributed by atoms with Gasteiger partial charge in [0.15, 0.2) is 0 Å². The van der Waals surface area contributed by atoms with Crippen molar-refractivity contribution in [2.24, 2.45) is 17.3 Å². The van der Waals surface area contributed by atoms with Crippen molar-refractivity contribution in [3.05, 3.63) is 0 Å². The lowest BCUT2D eigenvalue weighted by molar-refractivity contribution is -0.101. The van der Waals surface area contributed by atoms with Crippen LogP contribution in [0.3, 0.4) is 0 Å². The van der Waals surface area contributed by atoms with Crippen molar-refractivity contribution in [1.29, 1.82) is 5.26 Å². The van der Waals surface area contributed by atoms with E-state index in [2.05, 4.69) is 19.9 Å². The van der Waals surface area contributed by atoms with E-state index in [9.17, 15) is 10.4 Å². The first kappa shape index (κ1) is 12.9. The Morgan fingerprint density at radius 2 is 1.88 bits per heavy atom. The molecule has 0 heterocycles. The Kier molecular flexibility index (Phi) is 3.50. The molecule has 2 rings (SSSR count). The first-order chi connectivity index (χ1) is 8.08. The van der Waals surface area contributed by atoms with Crippen LogP contribution in [-0.4, -0.2) is 10.7 Å². The molecule has 2 nitrogen and oxygen atoms in total. The highest BCUT2D eigenvalue weighted by Crippen LogP contribution is 2.55. The van der Waals surface area contributed by atoms with Gasteiger partial charge in [-0.1, -0.05) is 26.7 Å². The Hall–Kier alpha value is -0.550. The minimum Gasteiger partial charge on any atom is -0.388 e. The van der Waals surface area contributed by atoms with Gasteiger partial charge >= 0.3 is 0 Å². The molecule has 0 radical (unpaired) electrons. The van der Waals surface area contributed by atoms with E-state index >= 15 is 0 Å². The summed E-state index contributed by atoms with van der Waals surface area (Å²) < 4.78 is 0. The first-order valence-electron chi connectivity index (χ1n) is 7.21. The molecule has 2 heteroatoms. The van der Waals surface area contributed by atoms with Crippen molar-refractivity contribution in [3.63, 3.8) is 0 Å². The fourth-order valence-electron chi connectivity index (χ4n) is 4.09. The Labute approximate surface area is 105 Å². The van der Waals surface area contributed by atoms with Crippen LogP contribution < -0.4 is 0 Å². The van der Waals surface area contributed by atoms with Gasteiger partial charge < -0.3 is 5.11 Å². The van der Waals surface area contributed by atoms with Gasteiger partial charge in [0.25, 0.3) is 0 Å². The van der Waals surface area contributed by atoms with E-state index in [0.717, 1.165) is 50.9 Å². The van der Waals surface area contributed by atoms with Crippen molar-refractivity contribution in [3.8, 4) is 6.07 Å². The minimum atomic E-state index is -0.708. The normalized spacial score (nSPS) is 46.7. The smallest absolute Gasteiger partial charge is 0.0863 e.